The number of hydrogen-bond acceptors (Lipinski definition) is 6. The molecule has 5 rings (SSSR count). The van der Waals surface area contributed by atoms with Crippen LogP contribution in [-0.2, 0) is 23.9 Å². The van der Waals surface area contributed by atoms with Crippen LogP contribution in [0.1, 0.15) is 47.0 Å². The number of nitrogens with zero attached hydrogens (tertiary/aromatic N) is 2. The Morgan fingerprint density at radius 3 is 2.56 bits per heavy atom. The molecule has 1 spiro atoms. The van der Waals surface area contributed by atoms with Gasteiger partial charge in [-0.25, -0.2) is 0 Å². The van der Waals surface area contributed by atoms with E-state index in [1.165, 1.54) is 4.90 Å². The molecule has 0 aromatic heterocycles. The molecule has 8 nitrogen and oxygen atoms in total. The lowest BCUT2D eigenvalue weighted by molar-refractivity contribution is -0.162. The first-order valence-electron chi connectivity index (χ1n) is 15.4. The van der Waals surface area contributed by atoms with E-state index in [0.29, 0.717) is 24.9 Å². The molecule has 43 heavy (non-hydrogen) atoms. The summed E-state index contributed by atoms with van der Waals surface area (Å²) >= 11 is 0. The maximum Gasteiger partial charge on any atom is 0.312 e. The number of carbonyl (C=O) groups excluding carboxylic acids is 3. The Morgan fingerprint density at radius 1 is 1.19 bits per heavy atom. The minimum atomic E-state index is -1.24. The molecule has 3 fully saturated rings. The summed E-state index contributed by atoms with van der Waals surface area (Å²) in [5.74, 6) is -3.17. The zero-order chi connectivity index (χ0) is 31.1. The maximum absolute atomic E-state index is 14.9. The summed E-state index contributed by atoms with van der Waals surface area (Å²) in [6.07, 6.45) is 5.21. The molecule has 3 unspecified atom stereocenters. The molecule has 1 N–H and O–H groups in total. The van der Waals surface area contributed by atoms with Gasteiger partial charge in [0.25, 0.3) is 5.91 Å². The van der Waals surface area contributed by atoms with Crippen molar-refractivity contribution in [1.82, 2.24) is 4.90 Å². The van der Waals surface area contributed by atoms with Gasteiger partial charge in [-0.2, -0.15) is 0 Å². The number of fused-ring (bicyclic) bond motifs is 2. The number of aliphatic hydroxyl groups excluding tert-OH is 1. The van der Waals surface area contributed by atoms with E-state index in [4.69, 9.17) is 9.47 Å². The number of ether oxygens (including phenoxy) is 2. The number of allylic oxidation sites excluding steroid dienone is 1. The second-order valence-electron chi connectivity index (χ2n) is 12.8. The van der Waals surface area contributed by atoms with E-state index in [9.17, 15) is 19.5 Å². The van der Waals surface area contributed by atoms with Gasteiger partial charge in [0, 0.05) is 12.2 Å². The molecule has 3 aliphatic rings. The first-order valence-corrected chi connectivity index (χ1v) is 15.4. The molecule has 2 aromatic carbocycles. The van der Waals surface area contributed by atoms with Gasteiger partial charge < -0.3 is 24.4 Å². The molecule has 230 valence electrons. The number of carbonyl (C=O) groups is 3. The Hall–Kier alpha value is -3.49. The number of unbranched alkanes of at least 4 members (excludes halogenated alkanes) is 1. The molecule has 0 aliphatic carbocycles. The highest BCUT2D eigenvalue weighted by molar-refractivity contribution is 6.06. The van der Waals surface area contributed by atoms with Crippen molar-refractivity contribution < 1.29 is 29.0 Å². The highest BCUT2D eigenvalue weighted by atomic mass is 16.6. The first kappa shape index (κ1) is 31.0. The zero-order valence-electron chi connectivity index (χ0n) is 25.7. The third kappa shape index (κ3) is 4.89. The fraction of sp³-hybridized carbons (Fsp3) is 0.514. The third-order valence-electron chi connectivity index (χ3n) is 9.97. The standard InChI is InChI=1S/C35H44N2O6/c1-7-9-12-18-42-33(41)29-28-31(39)37(27(21-38)22(3)4)30(35(28)20-23(5)34(29,6)43-35)32(40)36(17-8-2)26-16-15-24-13-10-11-14-25(24)19-26/h7-8,10-11,13-16,19,22-23,27-30,38H,1-2,9,12,17-18,20-21H2,3-6H3/t23?,27-,28-,29+,30?,34-,35?/m0/s1. The molecule has 2 bridgehead atoms. The van der Waals surface area contributed by atoms with Gasteiger partial charge in [0.2, 0.25) is 5.91 Å². The number of rotatable bonds is 12. The fourth-order valence-corrected chi connectivity index (χ4v) is 7.73. The van der Waals surface area contributed by atoms with Crippen molar-refractivity contribution in [2.24, 2.45) is 23.7 Å². The van der Waals surface area contributed by atoms with Crippen LogP contribution in [0.4, 0.5) is 5.69 Å². The van der Waals surface area contributed by atoms with E-state index in [2.05, 4.69) is 13.2 Å². The van der Waals surface area contributed by atoms with E-state index in [1.807, 2.05) is 70.2 Å². The Labute approximate surface area is 254 Å². The van der Waals surface area contributed by atoms with Crippen molar-refractivity contribution in [3.8, 4) is 0 Å². The highest BCUT2D eigenvalue weighted by Gasteiger charge is 2.81. The van der Waals surface area contributed by atoms with Gasteiger partial charge in [-0.05, 0) is 60.9 Å². The molecule has 2 amide bonds. The molecule has 2 aromatic rings. The highest BCUT2D eigenvalue weighted by Crippen LogP contribution is 2.66. The van der Waals surface area contributed by atoms with E-state index < -0.39 is 41.1 Å². The summed E-state index contributed by atoms with van der Waals surface area (Å²) in [5, 5.41) is 12.6. The third-order valence-corrected chi connectivity index (χ3v) is 9.97. The minimum Gasteiger partial charge on any atom is -0.465 e. The smallest absolute Gasteiger partial charge is 0.312 e. The van der Waals surface area contributed by atoms with Gasteiger partial charge in [-0.1, -0.05) is 63.3 Å². The summed E-state index contributed by atoms with van der Waals surface area (Å²) in [6.45, 7) is 15.4. The normalized spacial score (nSPS) is 30.0. The molecule has 0 radical (unpaired) electrons. The largest absolute Gasteiger partial charge is 0.465 e. The number of benzene rings is 2. The Morgan fingerprint density at radius 2 is 1.91 bits per heavy atom. The number of amides is 2. The summed E-state index contributed by atoms with van der Waals surface area (Å²) in [5.41, 5.74) is -1.55. The second kappa shape index (κ2) is 11.9. The van der Waals surface area contributed by atoms with Crippen molar-refractivity contribution in [2.45, 2.75) is 70.2 Å². The van der Waals surface area contributed by atoms with E-state index >= 15 is 0 Å². The molecule has 3 heterocycles. The van der Waals surface area contributed by atoms with Crippen LogP contribution in [0.2, 0.25) is 0 Å². The van der Waals surface area contributed by atoms with Crippen molar-refractivity contribution in [3.05, 3.63) is 67.8 Å². The lowest BCUT2D eigenvalue weighted by atomic mass is 9.62. The average molecular weight is 589 g/mol. The average Bonchev–Trinajstić information content (AvgIpc) is 3.50. The van der Waals surface area contributed by atoms with Crippen LogP contribution in [0.3, 0.4) is 0 Å². The van der Waals surface area contributed by atoms with Crippen LogP contribution < -0.4 is 4.90 Å². The van der Waals surface area contributed by atoms with Crippen LogP contribution >= 0.6 is 0 Å². The van der Waals surface area contributed by atoms with E-state index in [0.717, 1.165) is 10.8 Å². The fourth-order valence-electron chi connectivity index (χ4n) is 7.73. The van der Waals surface area contributed by atoms with Crippen LogP contribution in [0.15, 0.2) is 67.8 Å². The minimum absolute atomic E-state index is 0.113. The lowest BCUT2D eigenvalue weighted by Gasteiger charge is -2.40. The van der Waals surface area contributed by atoms with Crippen molar-refractivity contribution in [2.75, 3.05) is 24.7 Å². The topological polar surface area (TPSA) is 96.4 Å². The predicted molar refractivity (Wildman–Crippen MR) is 166 cm³/mol. The molecule has 8 heteroatoms. The Kier molecular flexibility index (Phi) is 8.56. The molecule has 3 aliphatic heterocycles. The van der Waals surface area contributed by atoms with Gasteiger partial charge in [-0.15, -0.1) is 13.2 Å². The maximum atomic E-state index is 14.9. The number of hydrogen-bond donors (Lipinski definition) is 1. The molecule has 0 saturated carbocycles. The first-order chi connectivity index (χ1) is 20.5. The van der Waals surface area contributed by atoms with Crippen LogP contribution in [0.5, 0.6) is 0 Å². The van der Waals surface area contributed by atoms with Crippen LogP contribution in [-0.4, -0.2) is 70.8 Å². The van der Waals surface area contributed by atoms with Gasteiger partial charge in [0.1, 0.15) is 17.6 Å². The zero-order valence-corrected chi connectivity index (χ0v) is 25.7. The van der Waals surface area contributed by atoms with E-state index in [-0.39, 0.29) is 43.4 Å². The molecule has 7 atom stereocenters. The van der Waals surface area contributed by atoms with Crippen molar-refractivity contribution in [3.63, 3.8) is 0 Å². The summed E-state index contributed by atoms with van der Waals surface area (Å²) in [7, 11) is 0. The number of aliphatic hydroxyl groups is 1. The van der Waals surface area contributed by atoms with Crippen LogP contribution in [0, 0.1) is 23.7 Å². The van der Waals surface area contributed by atoms with E-state index in [1.54, 1.807) is 17.1 Å². The molecular formula is C35H44N2O6. The second-order valence-corrected chi connectivity index (χ2v) is 12.8. The Bertz CT molecular complexity index is 1420. The van der Waals surface area contributed by atoms with Gasteiger partial charge in [0.05, 0.1) is 30.8 Å². The van der Waals surface area contributed by atoms with Crippen molar-refractivity contribution >= 4 is 34.2 Å². The summed E-state index contributed by atoms with van der Waals surface area (Å²) in [6, 6.07) is 12.1. The monoisotopic (exact) mass is 588 g/mol. The molecule has 3 saturated heterocycles. The van der Waals surface area contributed by atoms with Crippen LogP contribution in [0.25, 0.3) is 10.8 Å². The summed E-state index contributed by atoms with van der Waals surface area (Å²) in [4.78, 5) is 46.4. The summed E-state index contributed by atoms with van der Waals surface area (Å²) < 4.78 is 12.6. The van der Waals surface area contributed by atoms with Gasteiger partial charge in [-0.3, -0.25) is 14.4 Å². The lowest BCUT2D eigenvalue weighted by Crippen LogP contribution is -2.60. The SMILES string of the molecule is C=CCCCOC(=O)[C@H]1[C@H]2C(=O)N([C@@H](CO)C(C)C)C(C(=O)N(CC=C)c3ccc4ccccc4c3)C23CC(C)[C@]1(C)O3. The number of anilines is 1. The molecular weight excluding hydrogens is 544 g/mol. The van der Waals surface area contributed by atoms with Gasteiger partial charge >= 0.3 is 5.97 Å². The predicted octanol–water partition coefficient (Wildman–Crippen LogP) is 4.90. The Balaban J connectivity index is 1.61. The number of esters is 1. The van der Waals surface area contributed by atoms with Gasteiger partial charge in [0.15, 0.2) is 0 Å². The van der Waals surface area contributed by atoms with Crippen molar-refractivity contribution in [1.29, 1.82) is 0 Å². The number of likely N-dealkylation sites (tertiary alicyclic amines) is 1. The quantitative estimate of drug-likeness (QED) is 0.215.